The summed E-state index contributed by atoms with van der Waals surface area (Å²) in [5.74, 6) is -0.762. The van der Waals surface area contributed by atoms with Crippen LogP contribution in [0.15, 0.2) is 107 Å². The van der Waals surface area contributed by atoms with Crippen molar-refractivity contribution in [3.63, 3.8) is 0 Å². The van der Waals surface area contributed by atoms with Crippen molar-refractivity contribution in [2.75, 3.05) is 6.54 Å². The second-order valence-corrected chi connectivity index (χ2v) is 11.3. The summed E-state index contributed by atoms with van der Waals surface area (Å²) in [6.45, 7) is -0.685. The van der Waals surface area contributed by atoms with Crippen molar-refractivity contribution < 1.29 is 22.3 Å². The molecule has 0 spiro atoms. The maximum absolute atomic E-state index is 14.5. The molecule has 40 heavy (non-hydrogen) atoms. The number of carbonyl (C=O) groups is 1. The van der Waals surface area contributed by atoms with Gasteiger partial charge in [0.15, 0.2) is 0 Å². The van der Waals surface area contributed by atoms with Gasteiger partial charge in [-0.15, -0.1) is 0 Å². The van der Waals surface area contributed by atoms with Crippen molar-refractivity contribution in [2.24, 2.45) is 5.10 Å². The summed E-state index contributed by atoms with van der Waals surface area (Å²) in [6, 6.07) is 26.2. The molecular weight excluding hydrogens is 576 g/mol. The lowest BCUT2D eigenvalue weighted by atomic mass is 10.2. The summed E-state index contributed by atoms with van der Waals surface area (Å²) in [6.07, 6.45) is 1.41. The van der Waals surface area contributed by atoms with E-state index in [9.17, 15) is 17.6 Å². The molecule has 7 nitrogen and oxygen atoms in total. The third kappa shape index (κ3) is 7.89. The minimum absolute atomic E-state index is 0.0333. The van der Waals surface area contributed by atoms with Crippen LogP contribution >= 0.6 is 23.2 Å². The highest BCUT2D eigenvalue weighted by Gasteiger charge is 2.28. The minimum Gasteiger partial charge on any atom is -0.489 e. The number of hydrogen-bond acceptors (Lipinski definition) is 5. The number of amides is 1. The molecule has 206 valence electrons. The first-order valence-corrected chi connectivity index (χ1v) is 14.2. The van der Waals surface area contributed by atoms with Crippen LogP contribution in [-0.2, 0) is 28.0 Å². The molecule has 0 saturated carbocycles. The van der Waals surface area contributed by atoms with Gasteiger partial charge >= 0.3 is 0 Å². The molecule has 0 heterocycles. The summed E-state index contributed by atoms with van der Waals surface area (Å²) in [5, 5.41) is 4.29. The zero-order valence-corrected chi connectivity index (χ0v) is 23.3. The van der Waals surface area contributed by atoms with Gasteiger partial charge in [-0.05, 0) is 71.8 Å². The number of nitrogens with one attached hydrogen (secondary N) is 1. The molecule has 0 bridgehead atoms. The molecule has 11 heteroatoms. The molecule has 0 aliphatic rings. The van der Waals surface area contributed by atoms with Crippen molar-refractivity contribution in [1.29, 1.82) is 0 Å². The second-order valence-electron chi connectivity index (χ2n) is 8.56. The smallest absolute Gasteiger partial charge is 0.255 e. The molecule has 0 atom stereocenters. The highest BCUT2D eigenvalue weighted by Crippen LogP contribution is 2.25. The molecule has 1 N–H and O–H groups in total. The zero-order valence-electron chi connectivity index (χ0n) is 21.0. The molecule has 0 fully saturated rings. The van der Waals surface area contributed by atoms with Gasteiger partial charge in [0.25, 0.3) is 5.91 Å². The van der Waals surface area contributed by atoms with Gasteiger partial charge in [-0.2, -0.15) is 9.41 Å². The van der Waals surface area contributed by atoms with Gasteiger partial charge < -0.3 is 4.74 Å². The van der Waals surface area contributed by atoms with E-state index in [1.807, 2.05) is 30.3 Å². The highest BCUT2D eigenvalue weighted by atomic mass is 35.5. The fourth-order valence-electron chi connectivity index (χ4n) is 3.61. The number of halogens is 3. The third-order valence-electron chi connectivity index (χ3n) is 5.70. The van der Waals surface area contributed by atoms with Crippen LogP contribution < -0.4 is 10.2 Å². The van der Waals surface area contributed by atoms with Crippen molar-refractivity contribution >= 4 is 45.3 Å². The maximum Gasteiger partial charge on any atom is 0.255 e. The number of hydrazone groups is 1. The number of carbonyl (C=O) groups excluding carboxylic acids is 1. The Morgan fingerprint density at radius 2 is 1.62 bits per heavy atom. The largest absolute Gasteiger partial charge is 0.489 e. The van der Waals surface area contributed by atoms with E-state index in [0.29, 0.717) is 22.9 Å². The fraction of sp³-hybridized carbons (Fsp3) is 0.103. The van der Waals surface area contributed by atoms with Crippen LogP contribution in [0.1, 0.15) is 16.7 Å². The average Bonchev–Trinajstić information content (AvgIpc) is 2.95. The molecule has 0 aliphatic heterocycles. The molecule has 4 rings (SSSR count). The van der Waals surface area contributed by atoms with E-state index in [1.165, 1.54) is 42.6 Å². The topological polar surface area (TPSA) is 88.1 Å². The van der Waals surface area contributed by atoms with Crippen LogP contribution in [0.5, 0.6) is 5.75 Å². The molecule has 0 saturated heterocycles. The van der Waals surface area contributed by atoms with E-state index < -0.39 is 34.8 Å². The Kier molecular flexibility index (Phi) is 9.89. The van der Waals surface area contributed by atoms with E-state index >= 15 is 0 Å². The predicted octanol–water partition coefficient (Wildman–Crippen LogP) is 6.05. The summed E-state index contributed by atoms with van der Waals surface area (Å²) in [5.41, 5.74) is 3.97. The quantitative estimate of drug-likeness (QED) is 0.168. The predicted molar refractivity (Wildman–Crippen MR) is 153 cm³/mol. The van der Waals surface area contributed by atoms with E-state index in [-0.39, 0.29) is 15.5 Å². The number of nitrogens with zero attached hydrogens (tertiary/aromatic N) is 2. The van der Waals surface area contributed by atoms with Crippen molar-refractivity contribution in [3.8, 4) is 5.75 Å². The van der Waals surface area contributed by atoms with Gasteiger partial charge in [0.2, 0.25) is 10.0 Å². The summed E-state index contributed by atoms with van der Waals surface area (Å²) in [7, 11) is -4.23. The Hall–Kier alpha value is -3.76. The standard InChI is InChI=1S/C29H24Cl2FN3O4S/c30-23-11-15-25(16-12-23)40(37,38)35(18-26-27(31)7-4-8-28(26)32)19-29(36)34-33-17-21-9-13-24(14-10-21)39-20-22-5-2-1-3-6-22/h1-17H,18-20H2,(H,34,36)/b33-17-. The number of ether oxygens (including phenoxy) is 1. The van der Waals surface area contributed by atoms with Gasteiger partial charge in [0.05, 0.1) is 17.7 Å². The first-order valence-electron chi connectivity index (χ1n) is 12.0. The Bertz CT molecular complexity index is 1560. The number of rotatable bonds is 11. The summed E-state index contributed by atoms with van der Waals surface area (Å²) < 4.78 is 47.8. The average molecular weight is 600 g/mol. The van der Waals surface area contributed by atoms with E-state index in [2.05, 4.69) is 10.5 Å². The molecule has 0 aromatic heterocycles. The van der Waals surface area contributed by atoms with Crippen LogP contribution in [0, 0.1) is 5.82 Å². The molecule has 0 radical (unpaired) electrons. The van der Waals surface area contributed by atoms with Crippen LogP contribution in [0.3, 0.4) is 0 Å². The van der Waals surface area contributed by atoms with Gasteiger partial charge in [0, 0.05) is 22.2 Å². The lowest BCUT2D eigenvalue weighted by molar-refractivity contribution is -0.121. The SMILES string of the molecule is O=C(CN(Cc1c(F)cccc1Cl)S(=O)(=O)c1ccc(Cl)cc1)N/N=C\c1ccc(OCc2ccccc2)cc1. The normalized spacial score (nSPS) is 11.6. The van der Waals surface area contributed by atoms with Gasteiger partial charge in [0.1, 0.15) is 18.2 Å². The second kappa shape index (κ2) is 13.5. The molecule has 4 aromatic carbocycles. The van der Waals surface area contributed by atoms with Crippen LogP contribution in [0.4, 0.5) is 4.39 Å². The third-order valence-corrected chi connectivity index (χ3v) is 8.11. The van der Waals surface area contributed by atoms with Gasteiger partial charge in [-0.25, -0.2) is 18.2 Å². The Balaban J connectivity index is 1.42. The van der Waals surface area contributed by atoms with Gasteiger partial charge in [-0.1, -0.05) is 59.6 Å². The lowest BCUT2D eigenvalue weighted by Gasteiger charge is -2.22. The van der Waals surface area contributed by atoms with Gasteiger partial charge in [-0.3, -0.25) is 4.79 Å². The van der Waals surface area contributed by atoms with Crippen LogP contribution in [-0.4, -0.2) is 31.4 Å². The van der Waals surface area contributed by atoms with E-state index in [1.54, 1.807) is 24.3 Å². The maximum atomic E-state index is 14.5. The fourth-order valence-corrected chi connectivity index (χ4v) is 5.32. The Morgan fingerprint density at radius 3 is 2.30 bits per heavy atom. The minimum atomic E-state index is -4.23. The first kappa shape index (κ1) is 29.2. The van der Waals surface area contributed by atoms with Crippen molar-refractivity contribution in [1.82, 2.24) is 9.73 Å². The van der Waals surface area contributed by atoms with Crippen molar-refractivity contribution in [2.45, 2.75) is 18.0 Å². The molecule has 4 aromatic rings. The van der Waals surface area contributed by atoms with Crippen molar-refractivity contribution in [3.05, 3.63) is 130 Å². The van der Waals surface area contributed by atoms with E-state index in [4.69, 9.17) is 27.9 Å². The first-order chi connectivity index (χ1) is 19.2. The zero-order chi connectivity index (χ0) is 28.5. The molecular formula is C29H24Cl2FN3O4S. The van der Waals surface area contributed by atoms with E-state index in [0.717, 1.165) is 15.9 Å². The molecule has 1 amide bonds. The lowest BCUT2D eigenvalue weighted by Crippen LogP contribution is -2.39. The number of benzene rings is 4. The van der Waals surface area contributed by atoms with Crippen LogP contribution in [0.25, 0.3) is 0 Å². The Morgan fingerprint density at radius 1 is 0.925 bits per heavy atom. The highest BCUT2D eigenvalue weighted by molar-refractivity contribution is 7.89. The molecule has 0 unspecified atom stereocenters. The Labute approximate surface area is 241 Å². The van der Waals surface area contributed by atoms with Crippen LogP contribution in [0.2, 0.25) is 10.0 Å². The number of hydrogen-bond donors (Lipinski definition) is 1. The summed E-state index contributed by atoms with van der Waals surface area (Å²) in [4.78, 5) is 12.6. The number of sulfonamides is 1. The summed E-state index contributed by atoms with van der Waals surface area (Å²) >= 11 is 12.0. The molecule has 0 aliphatic carbocycles. The monoisotopic (exact) mass is 599 g/mol.